The Morgan fingerprint density at radius 1 is 1.35 bits per heavy atom. The van der Waals surface area contributed by atoms with Crippen LogP contribution >= 0.6 is 11.6 Å². The van der Waals surface area contributed by atoms with Crippen molar-refractivity contribution in [2.75, 3.05) is 0 Å². The summed E-state index contributed by atoms with van der Waals surface area (Å²) in [5, 5.41) is 3.58. The first-order chi connectivity index (χ1) is 11.2. The van der Waals surface area contributed by atoms with E-state index in [0.29, 0.717) is 10.8 Å². The van der Waals surface area contributed by atoms with Crippen LogP contribution in [-0.4, -0.2) is 10.9 Å². The molecule has 3 rings (SSSR count). The first-order valence-electron chi connectivity index (χ1n) is 7.47. The van der Waals surface area contributed by atoms with Crippen LogP contribution in [0.15, 0.2) is 55.3 Å². The van der Waals surface area contributed by atoms with Gasteiger partial charge in [-0.05, 0) is 48.7 Å². The zero-order valence-electron chi connectivity index (χ0n) is 12.5. The Morgan fingerprint density at radius 2 is 2.22 bits per heavy atom. The maximum absolute atomic E-state index is 11.6. The number of nitrogens with one attached hydrogen (secondary N) is 1. The van der Waals surface area contributed by atoms with Gasteiger partial charge in [0.1, 0.15) is 11.9 Å². The molecule has 118 valence electrons. The second kappa shape index (κ2) is 6.84. The van der Waals surface area contributed by atoms with E-state index < -0.39 is 0 Å². The minimum absolute atomic E-state index is 0.0663. The molecular formula is C18H17ClN2O2. The zero-order valence-corrected chi connectivity index (χ0v) is 13.3. The molecule has 0 fully saturated rings. The molecular weight excluding hydrogens is 312 g/mol. The van der Waals surface area contributed by atoms with E-state index in [9.17, 15) is 4.79 Å². The van der Waals surface area contributed by atoms with Crippen molar-refractivity contribution in [3.8, 4) is 5.75 Å². The van der Waals surface area contributed by atoms with E-state index in [1.807, 2.05) is 30.3 Å². The van der Waals surface area contributed by atoms with Gasteiger partial charge in [0.25, 0.3) is 0 Å². The Hall–Kier alpha value is -2.33. The van der Waals surface area contributed by atoms with Gasteiger partial charge in [-0.15, -0.1) is 0 Å². The fourth-order valence-corrected chi connectivity index (χ4v) is 2.98. The number of nitrogens with zero attached hydrogens (tertiary/aromatic N) is 1. The fraction of sp³-hybridized carbons (Fsp3) is 0.222. The molecule has 1 heterocycles. The molecule has 2 aromatic rings. The van der Waals surface area contributed by atoms with Gasteiger partial charge in [0.2, 0.25) is 5.91 Å². The van der Waals surface area contributed by atoms with Gasteiger partial charge in [0.15, 0.2) is 0 Å². The van der Waals surface area contributed by atoms with Crippen LogP contribution in [0.4, 0.5) is 0 Å². The lowest BCUT2D eigenvalue weighted by atomic mass is 9.89. The zero-order chi connectivity index (χ0) is 16.2. The van der Waals surface area contributed by atoms with Crippen molar-refractivity contribution in [1.29, 1.82) is 0 Å². The number of rotatable bonds is 4. The summed E-state index contributed by atoms with van der Waals surface area (Å²) in [6.07, 6.45) is 4.42. The predicted molar refractivity (Wildman–Crippen MR) is 89.4 cm³/mol. The summed E-state index contributed by atoms with van der Waals surface area (Å²) in [4.78, 5) is 16.1. The molecule has 2 atom stereocenters. The highest BCUT2D eigenvalue weighted by Gasteiger charge is 2.30. The van der Waals surface area contributed by atoms with E-state index in [-0.39, 0.29) is 18.1 Å². The first kappa shape index (κ1) is 15.6. The molecule has 1 N–H and O–H groups in total. The topological polar surface area (TPSA) is 51.2 Å². The third kappa shape index (κ3) is 3.54. The summed E-state index contributed by atoms with van der Waals surface area (Å²) in [7, 11) is 0. The van der Waals surface area contributed by atoms with Gasteiger partial charge in [-0.3, -0.25) is 9.78 Å². The Bertz CT molecular complexity index is 732. The number of ether oxygens (including phenoxy) is 1. The lowest BCUT2D eigenvalue weighted by Crippen LogP contribution is -2.32. The van der Waals surface area contributed by atoms with Crippen LogP contribution in [0.5, 0.6) is 5.75 Å². The number of halogens is 1. The molecule has 0 aliphatic heterocycles. The van der Waals surface area contributed by atoms with E-state index in [0.717, 1.165) is 24.1 Å². The lowest BCUT2D eigenvalue weighted by molar-refractivity contribution is -0.117. The summed E-state index contributed by atoms with van der Waals surface area (Å²) in [5.74, 6) is 0.534. The SMILES string of the molecule is C=CC(=O)NC1CCC(Oc2cccc(Cl)c2)c2ncccc21. The van der Waals surface area contributed by atoms with Gasteiger partial charge in [-0.1, -0.05) is 30.3 Å². The lowest BCUT2D eigenvalue weighted by Gasteiger charge is -2.31. The van der Waals surface area contributed by atoms with Crippen molar-refractivity contribution in [1.82, 2.24) is 10.3 Å². The minimum atomic E-state index is -0.181. The minimum Gasteiger partial charge on any atom is -0.484 e. The maximum Gasteiger partial charge on any atom is 0.243 e. The number of aromatic nitrogens is 1. The molecule has 4 nitrogen and oxygen atoms in total. The van der Waals surface area contributed by atoms with Crippen molar-refractivity contribution in [3.63, 3.8) is 0 Å². The van der Waals surface area contributed by atoms with Gasteiger partial charge in [0, 0.05) is 11.2 Å². The standard InChI is InChI=1S/C18H17ClN2O2/c1-2-17(22)21-15-8-9-16(18-14(15)7-4-10-20-18)23-13-6-3-5-12(19)11-13/h2-7,10-11,15-16H,1,8-9H2,(H,21,22). The number of fused-ring (bicyclic) bond motifs is 1. The number of hydrogen-bond donors (Lipinski definition) is 1. The van der Waals surface area contributed by atoms with E-state index in [1.54, 1.807) is 12.3 Å². The highest BCUT2D eigenvalue weighted by molar-refractivity contribution is 6.30. The molecule has 1 aliphatic carbocycles. The van der Waals surface area contributed by atoms with Crippen LogP contribution in [0.3, 0.4) is 0 Å². The molecule has 0 spiro atoms. The molecule has 1 aliphatic rings. The van der Waals surface area contributed by atoms with Gasteiger partial charge in [0.05, 0.1) is 11.7 Å². The number of carbonyl (C=O) groups excluding carboxylic acids is 1. The average molecular weight is 329 g/mol. The van der Waals surface area contributed by atoms with Gasteiger partial charge < -0.3 is 10.1 Å². The normalized spacial score (nSPS) is 19.5. The van der Waals surface area contributed by atoms with Gasteiger partial charge in [-0.2, -0.15) is 0 Å². The third-order valence-electron chi connectivity index (χ3n) is 3.85. The molecule has 2 unspecified atom stereocenters. The van der Waals surface area contributed by atoms with Crippen molar-refractivity contribution in [2.24, 2.45) is 0 Å². The largest absolute Gasteiger partial charge is 0.484 e. The molecule has 1 aromatic heterocycles. The Kier molecular flexibility index (Phi) is 4.63. The molecule has 0 bridgehead atoms. The van der Waals surface area contributed by atoms with Crippen LogP contribution in [0.25, 0.3) is 0 Å². The van der Waals surface area contributed by atoms with Crippen molar-refractivity contribution < 1.29 is 9.53 Å². The molecule has 23 heavy (non-hydrogen) atoms. The Balaban J connectivity index is 1.85. The van der Waals surface area contributed by atoms with Crippen molar-refractivity contribution >= 4 is 17.5 Å². The van der Waals surface area contributed by atoms with Crippen LogP contribution in [0.1, 0.15) is 36.2 Å². The first-order valence-corrected chi connectivity index (χ1v) is 7.85. The number of amides is 1. The van der Waals surface area contributed by atoms with E-state index >= 15 is 0 Å². The second-order valence-corrected chi connectivity index (χ2v) is 5.82. The molecule has 0 saturated carbocycles. The highest BCUT2D eigenvalue weighted by atomic mass is 35.5. The quantitative estimate of drug-likeness (QED) is 0.863. The van der Waals surface area contributed by atoms with E-state index in [4.69, 9.17) is 16.3 Å². The molecule has 0 saturated heterocycles. The predicted octanol–water partition coefficient (Wildman–Crippen LogP) is 3.99. The summed E-state index contributed by atoms with van der Waals surface area (Å²) < 4.78 is 6.06. The Morgan fingerprint density at radius 3 is 3.00 bits per heavy atom. The number of benzene rings is 1. The van der Waals surface area contributed by atoms with Crippen molar-refractivity contribution in [2.45, 2.75) is 25.0 Å². The molecule has 0 radical (unpaired) electrons. The van der Waals surface area contributed by atoms with E-state index in [2.05, 4.69) is 16.9 Å². The molecule has 1 aromatic carbocycles. The van der Waals surface area contributed by atoms with Crippen LogP contribution in [0.2, 0.25) is 5.02 Å². The fourth-order valence-electron chi connectivity index (χ4n) is 2.80. The number of carbonyl (C=O) groups is 1. The van der Waals surface area contributed by atoms with Crippen LogP contribution < -0.4 is 10.1 Å². The number of hydrogen-bond acceptors (Lipinski definition) is 3. The highest BCUT2D eigenvalue weighted by Crippen LogP contribution is 2.37. The van der Waals surface area contributed by atoms with Gasteiger partial charge in [-0.25, -0.2) is 0 Å². The monoisotopic (exact) mass is 328 g/mol. The third-order valence-corrected chi connectivity index (χ3v) is 4.08. The molecule has 5 heteroatoms. The summed E-state index contributed by atoms with van der Waals surface area (Å²) >= 11 is 6.01. The van der Waals surface area contributed by atoms with Gasteiger partial charge >= 0.3 is 0 Å². The summed E-state index contributed by atoms with van der Waals surface area (Å²) in [5.41, 5.74) is 1.84. The number of pyridine rings is 1. The van der Waals surface area contributed by atoms with E-state index in [1.165, 1.54) is 6.08 Å². The smallest absolute Gasteiger partial charge is 0.243 e. The second-order valence-electron chi connectivity index (χ2n) is 5.38. The summed E-state index contributed by atoms with van der Waals surface area (Å²) in [6, 6.07) is 11.1. The van der Waals surface area contributed by atoms with Crippen molar-refractivity contribution in [3.05, 3.63) is 71.5 Å². The summed E-state index contributed by atoms with van der Waals surface area (Å²) in [6.45, 7) is 3.50. The Labute approximate surface area is 140 Å². The van der Waals surface area contributed by atoms with Crippen LogP contribution in [-0.2, 0) is 4.79 Å². The van der Waals surface area contributed by atoms with Crippen LogP contribution in [0, 0.1) is 0 Å². The maximum atomic E-state index is 11.6. The molecule has 1 amide bonds. The average Bonchev–Trinajstić information content (AvgIpc) is 2.57.